The molecule has 0 bridgehead atoms. The minimum absolute atomic E-state index is 0.0212. The average Bonchev–Trinajstić information content (AvgIpc) is 2.42. The summed E-state index contributed by atoms with van der Waals surface area (Å²) >= 11 is 0. The van der Waals surface area contributed by atoms with E-state index < -0.39 is 0 Å². The third-order valence-electron chi connectivity index (χ3n) is 2.87. The molecule has 0 aliphatic heterocycles. The van der Waals surface area contributed by atoms with Crippen LogP contribution in [0.5, 0.6) is 0 Å². The van der Waals surface area contributed by atoms with E-state index in [1.807, 2.05) is 24.3 Å². The van der Waals surface area contributed by atoms with Gasteiger partial charge in [-0.15, -0.1) is 0 Å². The van der Waals surface area contributed by atoms with Crippen molar-refractivity contribution in [3.05, 3.63) is 35.4 Å². The molecular weight excluding hydrogens is 240 g/mol. The predicted molar refractivity (Wildman–Crippen MR) is 76.3 cm³/mol. The molecule has 0 spiro atoms. The van der Waals surface area contributed by atoms with Crippen molar-refractivity contribution < 1.29 is 9.59 Å². The molecule has 4 nitrogen and oxygen atoms in total. The first-order valence-electron chi connectivity index (χ1n) is 6.70. The smallest absolute Gasteiger partial charge is 0.216 e. The van der Waals surface area contributed by atoms with Crippen LogP contribution in [0.15, 0.2) is 24.3 Å². The lowest BCUT2D eigenvalue weighted by atomic mass is 10.1. The molecule has 0 saturated carbocycles. The topological polar surface area (TPSA) is 58.2 Å². The molecule has 1 rings (SSSR count). The van der Waals surface area contributed by atoms with Gasteiger partial charge in [0.15, 0.2) is 5.78 Å². The van der Waals surface area contributed by atoms with Gasteiger partial charge in [-0.1, -0.05) is 31.2 Å². The lowest BCUT2D eigenvalue weighted by Crippen LogP contribution is -2.28. The molecule has 1 aromatic carbocycles. The zero-order valence-electron chi connectivity index (χ0n) is 11.7. The molecule has 1 aromatic rings. The number of carbonyl (C=O) groups excluding carboxylic acids is 2. The summed E-state index contributed by atoms with van der Waals surface area (Å²) in [5.74, 6) is 0.0780. The largest absolute Gasteiger partial charge is 0.356 e. The normalized spacial score (nSPS) is 10.2. The highest BCUT2D eigenvalue weighted by Crippen LogP contribution is 2.05. The van der Waals surface area contributed by atoms with Crippen LogP contribution in [-0.4, -0.2) is 31.3 Å². The van der Waals surface area contributed by atoms with Crippen molar-refractivity contribution in [2.45, 2.75) is 26.7 Å². The summed E-state index contributed by atoms with van der Waals surface area (Å²) in [6.07, 6.45) is 1.80. The monoisotopic (exact) mass is 262 g/mol. The number of hydrogen-bond acceptors (Lipinski definition) is 3. The van der Waals surface area contributed by atoms with Crippen molar-refractivity contribution in [2.24, 2.45) is 0 Å². The SMILES string of the molecule is CCc1ccc(C(=O)CNCCCNC(C)=O)cc1. The van der Waals surface area contributed by atoms with Gasteiger partial charge in [0, 0.05) is 19.0 Å². The number of Topliss-reactive ketones (excluding diaryl/α,β-unsaturated/α-hetero) is 1. The van der Waals surface area contributed by atoms with Crippen LogP contribution in [0.4, 0.5) is 0 Å². The molecule has 0 radical (unpaired) electrons. The fraction of sp³-hybridized carbons (Fsp3) is 0.467. The number of ketones is 1. The van der Waals surface area contributed by atoms with E-state index >= 15 is 0 Å². The minimum Gasteiger partial charge on any atom is -0.356 e. The maximum atomic E-state index is 11.9. The number of rotatable bonds is 8. The van der Waals surface area contributed by atoms with E-state index in [0.717, 1.165) is 24.9 Å². The summed E-state index contributed by atoms with van der Waals surface area (Å²) in [7, 11) is 0. The van der Waals surface area contributed by atoms with Gasteiger partial charge in [-0.3, -0.25) is 9.59 Å². The molecule has 0 aromatic heterocycles. The quantitative estimate of drug-likeness (QED) is 0.552. The summed E-state index contributed by atoms with van der Waals surface area (Å²) in [4.78, 5) is 22.5. The zero-order chi connectivity index (χ0) is 14.1. The van der Waals surface area contributed by atoms with Gasteiger partial charge < -0.3 is 10.6 Å². The Hall–Kier alpha value is -1.68. The van der Waals surface area contributed by atoms with Crippen molar-refractivity contribution >= 4 is 11.7 Å². The lowest BCUT2D eigenvalue weighted by Gasteiger charge is -2.05. The molecule has 4 heteroatoms. The summed E-state index contributed by atoms with van der Waals surface area (Å²) in [6, 6.07) is 7.73. The van der Waals surface area contributed by atoms with E-state index in [9.17, 15) is 9.59 Å². The highest BCUT2D eigenvalue weighted by atomic mass is 16.1. The summed E-state index contributed by atoms with van der Waals surface area (Å²) in [5.41, 5.74) is 1.98. The van der Waals surface area contributed by atoms with Gasteiger partial charge in [-0.25, -0.2) is 0 Å². The Morgan fingerprint density at radius 1 is 1.11 bits per heavy atom. The molecule has 0 unspecified atom stereocenters. The summed E-state index contributed by atoms with van der Waals surface area (Å²) in [5, 5.41) is 5.80. The third-order valence-corrected chi connectivity index (χ3v) is 2.87. The fourth-order valence-electron chi connectivity index (χ4n) is 1.71. The fourth-order valence-corrected chi connectivity index (χ4v) is 1.71. The van der Waals surface area contributed by atoms with E-state index in [2.05, 4.69) is 17.6 Å². The first kappa shape index (κ1) is 15.4. The number of carbonyl (C=O) groups is 2. The van der Waals surface area contributed by atoms with Crippen LogP contribution in [0, 0.1) is 0 Å². The van der Waals surface area contributed by atoms with E-state index in [-0.39, 0.29) is 11.7 Å². The zero-order valence-corrected chi connectivity index (χ0v) is 11.7. The number of benzene rings is 1. The van der Waals surface area contributed by atoms with Gasteiger partial charge in [0.2, 0.25) is 5.91 Å². The van der Waals surface area contributed by atoms with E-state index in [0.29, 0.717) is 13.1 Å². The van der Waals surface area contributed by atoms with Crippen molar-refractivity contribution in [2.75, 3.05) is 19.6 Å². The molecule has 0 atom stereocenters. The maximum Gasteiger partial charge on any atom is 0.216 e. The molecule has 0 aliphatic rings. The standard InChI is InChI=1S/C15H22N2O2/c1-3-13-5-7-14(8-6-13)15(19)11-16-9-4-10-17-12(2)18/h5-8,16H,3-4,9-11H2,1-2H3,(H,17,18). The van der Waals surface area contributed by atoms with E-state index in [1.54, 1.807) is 0 Å². The van der Waals surface area contributed by atoms with Crippen LogP contribution in [-0.2, 0) is 11.2 Å². The van der Waals surface area contributed by atoms with Crippen molar-refractivity contribution in [3.63, 3.8) is 0 Å². The Kier molecular flexibility index (Phi) is 6.82. The molecule has 0 aliphatic carbocycles. The van der Waals surface area contributed by atoms with Crippen molar-refractivity contribution in [3.8, 4) is 0 Å². The highest BCUT2D eigenvalue weighted by Gasteiger charge is 2.04. The Morgan fingerprint density at radius 3 is 2.37 bits per heavy atom. The number of amides is 1. The van der Waals surface area contributed by atoms with Crippen LogP contribution < -0.4 is 10.6 Å². The second-order valence-corrected chi connectivity index (χ2v) is 4.49. The van der Waals surface area contributed by atoms with E-state index in [4.69, 9.17) is 0 Å². The van der Waals surface area contributed by atoms with Crippen molar-refractivity contribution in [1.82, 2.24) is 10.6 Å². The maximum absolute atomic E-state index is 11.9. The van der Waals surface area contributed by atoms with Gasteiger partial charge in [0.25, 0.3) is 0 Å². The van der Waals surface area contributed by atoms with Crippen molar-refractivity contribution in [1.29, 1.82) is 0 Å². The molecule has 19 heavy (non-hydrogen) atoms. The van der Waals surface area contributed by atoms with Crippen LogP contribution >= 0.6 is 0 Å². The third kappa shape index (κ3) is 6.15. The Bertz CT molecular complexity index is 413. The number of hydrogen-bond donors (Lipinski definition) is 2. The number of nitrogens with one attached hydrogen (secondary N) is 2. The lowest BCUT2D eigenvalue weighted by molar-refractivity contribution is -0.118. The first-order chi connectivity index (χ1) is 9.13. The van der Waals surface area contributed by atoms with Gasteiger partial charge in [0.1, 0.15) is 0 Å². The van der Waals surface area contributed by atoms with Gasteiger partial charge in [0.05, 0.1) is 6.54 Å². The molecule has 0 fully saturated rings. The summed E-state index contributed by atoms with van der Waals surface area (Å²) in [6.45, 7) is 5.29. The van der Waals surface area contributed by atoms with Crippen LogP contribution in [0.3, 0.4) is 0 Å². The Labute approximate surface area is 114 Å². The van der Waals surface area contributed by atoms with Crippen LogP contribution in [0.2, 0.25) is 0 Å². The molecule has 1 amide bonds. The molecule has 104 valence electrons. The number of aryl methyl sites for hydroxylation is 1. The van der Waals surface area contributed by atoms with Crippen LogP contribution in [0.1, 0.15) is 36.2 Å². The second-order valence-electron chi connectivity index (χ2n) is 4.49. The van der Waals surface area contributed by atoms with Crippen LogP contribution in [0.25, 0.3) is 0 Å². The van der Waals surface area contributed by atoms with Gasteiger partial charge in [-0.05, 0) is 24.9 Å². The highest BCUT2D eigenvalue weighted by molar-refractivity contribution is 5.97. The Morgan fingerprint density at radius 2 is 1.79 bits per heavy atom. The van der Waals surface area contributed by atoms with Gasteiger partial charge >= 0.3 is 0 Å². The Balaban J connectivity index is 2.21. The predicted octanol–water partition coefficient (Wildman–Crippen LogP) is 1.55. The second kappa shape index (κ2) is 8.43. The summed E-state index contributed by atoms with van der Waals surface area (Å²) < 4.78 is 0. The average molecular weight is 262 g/mol. The molecule has 0 heterocycles. The van der Waals surface area contributed by atoms with Gasteiger partial charge in [-0.2, -0.15) is 0 Å². The molecular formula is C15H22N2O2. The molecule has 2 N–H and O–H groups in total. The molecule has 0 saturated heterocycles. The minimum atomic E-state index is -0.0212. The first-order valence-corrected chi connectivity index (χ1v) is 6.70. The van der Waals surface area contributed by atoms with E-state index in [1.165, 1.54) is 12.5 Å².